The second-order valence-corrected chi connectivity index (χ2v) is 7.60. The summed E-state index contributed by atoms with van der Waals surface area (Å²) in [7, 11) is 0. The fourth-order valence-electron chi connectivity index (χ4n) is 3.53. The maximum atomic E-state index is 10.9. The van der Waals surface area contributed by atoms with Crippen LogP contribution in [0.2, 0.25) is 0 Å². The van der Waals surface area contributed by atoms with Crippen LogP contribution in [-0.4, -0.2) is 43.0 Å². The first-order valence-corrected chi connectivity index (χ1v) is 9.00. The topological polar surface area (TPSA) is 89.1 Å². The van der Waals surface area contributed by atoms with Gasteiger partial charge in [0, 0.05) is 43.5 Å². The van der Waals surface area contributed by atoms with Crippen molar-refractivity contribution in [2.75, 3.05) is 26.4 Å². The minimum absolute atomic E-state index is 0.1000. The Balaban J connectivity index is 1.64. The van der Waals surface area contributed by atoms with Crippen molar-refractivity contribution in [3.63, 3.8) is 0 Å². The quantitative estimate of drug-likeness (QED) is 0.572. The zero-order valence-electron chi connectivity index (χ0n) is 15.1. The molecule has 1 atom stereocenters. The molecule has 1 aromatic rings. The highest BCUT2D eigenvalue weighted by atomic mass is 16.5. The van der Waals surface area contributed by atoms with Crippen molar-refractivity contribution >= 4 is 5.96 Å². The number of ether oxygens (including phenoxy) is 2. The Hall–Kier alpha value is -1.79. The number of para-hydroxylation sites is 1. The maximum absolute atomic E-state index is 10.9. The first-order chi connectivity index (χ1) is 11.9. The van der Waals surface area contributed by atoms with E-state index in [-0.39, 0.29) is 11.5 Å². The molecule has 4 N–H and O–H groups in total. The number of hydrogen-bond donors (Lipinski definition) is 3. The van der Waals surface area contributed by atoms with E-state index >= 15 is 0 Å². The molecule has 0 saturated carbocycles. The normalized spacial score (nSPS) is 23.5. The molecule has 0 amide bonds. The van der Waals surface area contributed by atoms with E-state index in [0.29, 0.717) is 45.2 Å². The lowest BCUT2D eigenvalue weighted by atomic mass is 9.70. The van der Waals surface area contributed by atoms with Crippen LogP contribution in [0.5, 0.6) is 5.75 Å². The molecule has 6 heteroatoms. The van der Waals surface area contributed by atoms with Gasteiger partial charge in [-0.25, -0.2) is 0 Å². The highest BCUT2D eigenvalue weighted by molar-refractivity contribution is 5.78. The lowest BCUT2D eigenvalue weighted by molar-refractivity contribution is -0.128. The van der Waals surface area contributed by atoms with Crippen LogP contribution in [0.4, 0.5) is 0 Å². The predicted octanol–water partition coefficient (Wildman–Crippen LogP) is 1.98. The van der Waals surface area contributed by atoms with Crippen molar-refractivity contribution in [3.8, 4) is 5.75 Å². The van der Waals surface area contributed by atoms with E-state index in [0.717, 1.165) is 17.7 Å². The minimum atomic E-state index is -0.764. The van der Waals surface area contributed by atoms with Gasteiger partial charge in [-0.2, -0.15) is 0 Å². The third-order valence-electron chi connectivity index (χ3n) is 5.51. The number of rotatable bonds is 4. The molecule has 0 bridgehead atoms. The van der Waals surface area contributed by atoms with E-state index in [4.69, 9.17) is 15.2 Å². The number of fused-ring (bicyclic) bond motifs is 1. The fraction of sp³-hybridized carbons (Fsp3) is 0.632. The average Bonchev–Trinajstić information content (AvgIpc) is 2.61. The van der Waals surface area contributed by atoms with Crippen molar-refractivity contribution in [1.29, 1.82) is 0 Å². The molecule has 2 aliphatic rings. The number of benzene rings is 1. The molecule has 1 aromatic carbocycles. The van der Waals surface area contributed by atoms with Gasteiger partial charge in [-0.1, -0.05) is 32.0 Å². The number of nitrogens with zero attached hydrogens (tertiary/aromatic N) is 1. The molecular formula is C19H29N3O3. The number of aliphatic hydroxyl groups is 1. The minimum Gasteiger partial charge on any atom is -0.493 e. The van der Waals surface area contributed by atoms with Gasteiger partial charge < -0.3 is 25.6 Å². The van der Waals surface area contributed by atoms with Crippen molar-refractivity contribution in [2.45, 2.75) is 44.8 Å². The summed E-state index contributed by atoms with van der Waals surface area (Å²) in [6.45, 7) is 6.39. The SMILES string of the molecule is CC(C)(CN=C(N)NC1CCOc2ccccc21)C1(O)CCOCC1. The van der Waals surface area contributed by atoms with Crippen molar-refractivity contribution in [3.05, 3.63) is 29.8 Å². The van der Waals surface area contributed by atoms with Crippen LogP contribution >= 0.6 is 0 Å². The molecule has 25 heavy (non-hydrogen) atoms. The zero-order chi connectivity index (χ0) is 17.9. The second kappa shape index (κ2) is 7.22. The van der Waals surface area contributed by atoms with Gasteiger partial charge in [-0.15, -0.1) is 0 Å². The van der Waals surface area contributed by atoms with Gasteiger partial charge in [0.15, 0.2) is 5.96 Å². The summed E-state index contributed by atoms with van der Waals surface area (Å²) >= 11 is 0. The molecule has 0 aromatic heterocycles. The van der Waals surface area contributed by atoms with Crippen molar-refractivity contribution in [2.24, 2.45) is 16.1 Å². The molecule has 1 unspecified atom stereocenters. The van der Waals surface area contributed by atoms with E-state index in [1.165, 1.54) is 0 Å². The Bertz CT molecular complexity index is 624. The van der Waals surface area contributed by atoms with Gasteiger partial charge in [-0.3, -0.25) is 4.99 Å². The molecule has 3 rings (SSSR count). The Morgan fingerprint density at radius 2 is 2.04 bits per heavy atom. The van der Waals surface area contributed by atoms with E-state index in [2.05, 4.69) is 10.3 Å². The number of guanidine groups is 1. The summed E-state index contributed by atoms with van der Waals surface area (Å²) in [6, 6.07) is 8.09. The largest absolute Gasteiger partial charge is 0.493 e. The highest BCUT2D eigenvalue weighted by Gasteiger charge is 2.44. The summed E-state index contributed by atoms with van der Waals surface area (Å²) in [5.41, 5.74) is 6.11. The summed E-state index contributed by atoms with van der Waals surface area (Å²) in [5, 5.41) is 14.2. The Morgan fingerprint density at radius 1 is 1.32 bits per heavy atom. The van der Waals surface area contributed by atoms with E-state index in [1.807, 2.05) is 38.1 Å². The second-order valence-electron chi connectivity index (χ2n) is 7.60. The van der Waals surface area contributed by atoms with Crippen molar-refractivity contribution in [1.82, 2.24) is 5.32 Å². The lowest BCUT2D eigenvalue weighted by Crippen LogP contribution is -2.50. The standard InChI is InChI=1S/C19H29N3O3/c1-18(2,19(23)8-11-24-12-9-19)13-21-17(20)22-15-7-10-25-16-6-4-3-5-14(15)16/h3-6,15,23H,7-13H2,1-2H3,(H3,20,21,22). The van der Waals surface area contributed by atoms with Crippen molar-refractivity contribution < 1.29 is 14.6 Å². The van der Waals surface area contributed by atoms with Crippen LogP contribution in [-0.2, 0) is 4.74 Å². The molecule has 0 spiro atoms. The van der Waals surface area contributed by atoms with Crippen LogP contribution in [0.3, 0.4) is 0 Å². The molecule has 0 radical (unpaired) electrons. The molecule has 2 aliphatic heterocycles. The Labute approximate surface area is 149 Å². The third kappa shape index (κ3) is 3.90. The van der Waals surface area contributed by atoms with Crippen LogP contribution in [0, 0.1) is 5.41 Å². The van der Waals surface area contributed by atoms with E-state index in [1.54, 1.807) is 0 Å². The molecule has 6 nitrogen and oxygen atoms in total. The lowest BCUT2D eigenvalue weighted by Gasteiger charge is -2.44. The van der Waals surface area contributed by atoms with Crippen LogP contribution in [0.25, 0.3) is 0 Å². The summed E-state index contributed by atoms with van der Waals surface area (Å²) < 4.78 is 11.1. The number of nitrogens with two attached hydrogens (primary N) is 1. The monoisotopic (exact) mass is 347 g/mol. The summed E-state index contributed by atoms with van der Waals surface area (Å²) in [4.78, 5) is 4.52. The smallest absolute Gasteiger partial charge is 0.189 e. The molecule has 138 valence electrons. The number of hydrogen-bond acceptors (Lipinski definition) is 4. The molecular weight excluding hydrogens is 318 g/mol. The average molecular weight is 347 g/mol. The molecule has 0 aliphatic carbocycles. The molecule has 2 heterocycles. The van der Waals surface area contributed by atoms with Gasteiger partial charge in [0.05, 0.1) is 24.8 Å². The van der Waals surface area contributed by atoms with Gasteiger partial charge in [-0.05, 0) is 6.07 Å². The first kappa shape index (κ1) is 18.0. The first-order valence-electron chi connectivity index (χ1n) is 9.00. The Morgan fingerprint density at radius 3 is 2.80 bits per heavy atom. The molecule has 1 fully saturated rings. The highest BCUT2D eigenvalue weighted by Crippen LogP contribution is 2.39. The van der Waals surface area contributed by atoms with Gasteiger partial charge >= 0.3 is 0 Å². The van der Waals surface area contributed by atoms with Crippen LogP contribution < -0.4 is 15.8 Å². The van der Waals surface area contributed by atoms with Gasteiger partial charge in [0.2, 0.25) is 0 Å². The van der Waals surface area contributed by atoms with Crippen LogP contribution in [0.1, 0.15) is 44.7 Å². The van der Waals surface area contributed by atoms with E-state index in [9.17, 15) is 5.11 Å². The fourth-order valence-corrected chi connectivity index (χ4v) is 3.53. The van der Waals surface area contributed by atoms with E-state index < -0.39 is 5.60 Å². The summed E-state index contributed by atoms with van der Waals surface area (Å²) in [5.74, 6) is 1.31. The Kier molecular flexibility index (Phi) is 5.20. The predicted molar refractivity (Wildman–Crippen MR) is 97.7 cm³/mol. The zero-order valence-corrected chi connectivity index (χ0v) is 15.1. The van der Waals surface area contributed by atoms with Crippen LogP contribution in [0.15, 0.2) is 29.3 Å². The summed E-state index contributed by atoms with van der Waals surface area (Å²) in [6.07, 6.45) is 2.12. The number of aliphatic imine (C=N–C) groups is 1. The van der Waals surface area contributed by atoms with Gasteiger partial charge in [0.1, 0.15) is 5.75 Å². The number of nitrogens with one attached hydrogen (secondary N) is 1. The third-order valence-corrected chi connectivity index (χ3v) is 5.51. The maximum Gasteiger partial charge on any atom is 0.189 e. The molecule has 1 saturated heterocycles. The van der Waals surface area contributed by atoms with Gasteiger partial charge in [0.25, 0.3) is 0 Å².